The number of nitrogens with zero attached hydrogens (tertiary/aromatic N) is 3. The van der Waals surface area contributed by atoms with Crippen molar-refractivity contribution in [2.45, 2.75) is 25.3 Å². The maximum atomic E-state index is 13.4. The fraction of sp³-hybridized carbons (Fsp3) is 0.250. The maximum absolute atomic E-state index is 13.4. The van der Waals surface area contributed by atoms with Crippen LogP contribution in [0.25, 0.3) is 5.76 Å². The smallest absolute Gasteiger partial charge is 0.300 e. The number of aliphatic hydroxyl groups is 1. The fourth-order valence-electron chi connectivity index (χ4n) is 4.89. The van der Waals surface area contributed by atoms with Crippen LogP contribution in [0, 0.1) is 0 Å². The zero-order chi connectivity index (χ0) is 25.2. The number of halogens is 1. The predicted octanol–water partition coefficient (Wildman–Crippen LogP) is 5.36. The van der Waals surface area contributed by atoms with Gasteiger partial charge in [-0.15, -0.1) is 0 Å². The minimum atomic E-state index is -0.873. The van der Waals surface area contributed by atoms with Crippen LogP contribution in [0.3, 0.4) is 0 Å². The molecule has 3 aromatic rings. The monoisotopic (exact) mass is 503 g/mol. The number of aromatic nitrogens is 1. The van der Waals surface area contributed by atoms with E-state index < -0.39 is 17.7 Å². The number of piperidine rings is 1. The second-order valence-corrected chi connectivity index (χ2v) is 9.27. The molecule has 1 N–H and O–H groups in total. The molecule has 2 aliphatic heterocycles. The molecule has 0 aliphatic carbocycles. The van der Waals surface area contributed by atoms with Gasteiger partial charge in [0.25, 0.3) is 11.7 Å². The van der Waals surface area contributed by atoms with Gasteiger partial charge in [-0.3, -0.25) is 19.5 Å². The highest BCUT2D eigenvalue weighted by molar-refractivity contribution is 6.52. The summed E-state index contributed by atoms with van der Waals surface area (Å²) < 4.78 is 5.27. The van der Waals surface area contributed by atoms with Crippen molar-refractivity contribution < 1.29 is 19.4 Å². The highest BCUT2D eigenvalue weighted by Gasteiger charge is 2.47. The first-order chi connectivity index (χ1) is 17.5. The molecule has 1 unspecified atom stereocenters. The summed E-state index contributed by atoms with van der Waals surface area (Å²) in [7, 11) is 1.50. The molecular weight excluding hydrogens is 478 g/mol. The van der Waals surface area contributed by atoms with Crippen LogP contribution in [0.15, 0.2) is 72.6 Å². The van der Waals surface area contributed by atoms with Crippen molar-refractivity contribution in [3.8, 4) is 5.75 Å². The first kappa shape index (κ1) is 23.9. The third-order valence-corrected chi connectivity index (χ3v) is 7.05. The Hall–Kier alpha value is -3.84. The standard InChI is InChI=1S/C28H26ClN3O4/c1-36-21-11-12-23(29)22(16-21)26(33)24-25(18-6-5-13-30-17-18)32(28(35)27(24)34)20-9-7-19(8-10-20)31-14-3-2-4-15-31/h5-13,16-17,25,33H,2-4,14-15H2,1H3/b26-24+. The zero-order valence-electron chi connectivity index (χ0n) is 19.9. The molecule has 0 bridgehead atoms. The van der Waals surface area contributed by atoms with Crippen molar-refractivity contribution in [1.82, 2.24) is 4.98 Å². The lowest BCUT2D eigenvalue weighted by Gasteiger charge is -2.30. The molecule has 0 radical (unpaired) electrons. The molecule has 7 nitrogen and oxygen atoms in total. The van der Waals surface area contributed by atoms with Gasteiger partial charge >= 0.3 is 0 Å². The number of benzene rings is 2. The number of hydrogen-bond donors (Lipinski definition) is 1. The Labute approximate surface area is 214 Å². The van der Waals surface area contributed by atoms with Gasteiger partial charge in [0, 0.05) is 42.4 Å². The topological polar surface area (TPSA) is 83.0 Å². The average Bonchev–Trinajstić information content (AvgIpc) is 3.19. The quantitative estimate of drug-likeness (QED) is 0.287. The first-order valence-corrected chi connectivity index (χ1v) is 12.3. The zero-order valence-corrected chi connectivity index (χ0v) is 20.6. The number of ketones is 1. The molecule has 2 aromatic carbocycles. The van der Waals surface area contributed by atoms with Crippen molar-refractivity contribution in [1.29, 1.82) is 0 Å². The van der Waals surface area contributed by atoms with E-state index in [1.54, 1.807) is 42.7 Å². The van der Waals surface area contributed by atoms with E-state index in [0.717, 1.165) is 31.6 Å². The van der Waals surface area contributed by atoms with E-state index in [-0.39, 0.29) is 21.9 Å². The summed E-state index contributed by atoms with van der Waals surface area (Å²) in [6, 6.07) is 15.0. The second kappa shape index (κ2) is 10.0. The number of pyridine rings is 1. The summed E-state index contributed by atoms with van der Waals surface area (Å²) >= 11 is 6.37. The van der Waals surface area contributed by atoms with Crippen LogP contribution in [0.2, 0.25) is 5.02 Å². The van der Waals surface area contributed by atoms with Gasteiger partial charge in [-0.25, -0.2) is 0 Å². The van der Waals surface area contributed by atoms with Crippen molar-refractivity contribution in [3.63, 3.8) is 0 Å². The Morgan fingerprint density at radius 2 is 1.75 bits per heavy atom. The molecule has 5 rings (SSSR count). The van der Waals surface area contributed by atoms with E-state index in [2.05, 4.69) is 9.88 Å². The average molecular weight is 504 g/mol. The van der Waals surface area contributed by atoms with Gasteiger partial charge in [0.1, 0.15) is 11.5 Å². The Morgan fingerprint density at radius 3 is 2.42 bits per heavy atom. The normalized spacial score (nSPS) is 19.6. The molecule has 2 aliphatic rings. The number of amides is 1. The van der Waals surface area contributed by atoms with Crippen LogP contribution in [-0.4, -0.2) is 42.0 Å². The molecule has 8 heteroatoms. The van der Waals surface area contributed by atoms with E-state index in [9.17, 15) is 14.7 Å². The Bertz CT molecular complexity index is 1320. The lowest BCUT2D eigenvalue weighted by atomic mass is 9.96. The van der Waals surface area contributed by atoms with E-state index in [1.165, 1.54) is 18.4 Å². The molecule has 2 fully saturated rings. The number of carbonyl (C=O) groups is 2. The van der Waals surface area contributed by atoms with Gasteiger partial charge in [-0.1, -0.05) is 17.7 Å². The highest BCUT2D eigenvalue weighted by Crippen LogP contribution is 2.43. The number of aliphatic hydroxyl groups excluding tert-OH is 1. The third kappa shape index (κ3) is 4.31. The fourth-order valence-corrected chi connectivity index (χ4v) is 5.09. The van der Waals surface area contributed by atoms with E-state index in [0.29, 0.717) is 17.0 Å². The molecule has 184 valence electrons. The molecule has 3 heterocycles. The van der Waals surface area contributed by atoms with Gasteiger partial charge < -0.3 is 14.7 Å². The molecule has 1 atom stereocenters. The lowest BCUT2D eigenvalue weighted by Crippen LogP contribution is -2.30. The second-order valence-electron chi connectivity index (χ2n) is 8.87. The van der Waals surface area contributed by atoms with E-state index >= 15 is 0 Å². The van der Waals surface area contributed by atoms with Gasteiger partial charge in [-0.2, -0.15) is 0 Å². The minimum absolute atomic E-state index is 0.0525. The van der Waals surface area contributed by atoms with Crippen LogP contribution >= 0.6 is 11.6 Å². The Balaban J connectivity index is 1.62. The van der Waals surface area contributed by atoms with E-state index in [4.69, 9.17) is 16.3 Å². The Kier molecular flexibility index (Phi) is 6.65. The Morgan fingerprint density at radius 1 is 1.03 bits per heavy atom. The minimum Gasteiger partial charge on any atom is -0.507 e. The van der Waals surface area contributed by atoms with Crippen LogP contribution < -0.4 is 14.5 Å². The van der Waals surface area contributed by atoms with Crippen LogP contribution in [-0.2, 0) is 9.59 Å². The summed E-state index contributed by atoms with van der Waals surface area (Å²) in [5.41, 5.74) is 2.39. The summed E-state index contributed by atoms with van der Waals surface area (Å²) in [5, 5.41) is 11.6. The van der Waals surface area contributed by atoms with Crippen LogP contribution in [0.5, 0.6) is 5.75 Å². The van der Waals surface area contributed by atoms with Gasteiger partial charge in [0.2, 0.25) is 0 Å². The molecule has 1 amide bonds. The summed E-state index contributed by atoms with van der Waals surface area (Å²) in [6.07, 6.45) is 6.75. The lowest BCUT2D eigenvalue weighted by molar-refractivity contribution is -0.132. The predicted molar refractivity (Wildman–Crippen MR) is 140 cm³/mol. The van der Waals surface area contributed by atoms with Crippen molar-refractivity contribution in [3.05, 3.63) is 88.7 Å². The number of Topliss-reactive ketones (excluding diaryl/α,β-unsaturated/α-hetero) is 1. The number of methoxy groups -OCH3 is 1. The third-order valence-electron chi connectivity index (χ3n) is 6.72. The number of hydrogen-bond acceptors (Lipinski definition) is 6. The number of rotatable bonds is 5. The molecular formula is C28H26ClN3O4. The summed E-state index contributed by atoms with van der Waals surface area (Å²) in [5.74, 6) is -1.42. The first-order valence-electron chi connectivity index (χ1n) is 11.9. The summed E-state index contributed by atoms with van der Waals surface area (Å²) in [6.45, 7) is 2.00. The molecule has 36 heavy (non-hydrogen) atoms. The van der Waals surface area contributed by atoms with Crippen LogP contribution in [0.4, 0.5) is 11.4 Å². The van der Waals surface area contributed by atoms with Crippen molar-refractivity contribution >= 4 is 40.4 Å². The van der Waals surface area contributed by atoms with Crippen LogP contribution in [0.1, 0.15) is 36.4 Å². The number of ether oxygens (including phenoxy) is 1. The molecule has 2 saturated heterocycles. The van der Waals surface area contributed by atoms with E-state index in [1.807, 2.05) is 24.3 Å². The molecule has 0 saturated carbocycles. The maximum Gasteiger partial charge on any atom is 0.300 e. The number of carbonyl (C=O) groups excluding carboxylic acids is 2. The SMILES string of the molecule is COc1ccc(Cl)c(/C(O)=C2\C(=O)C(=O)N(c3ccc(N4CCCCC4)cc3)C2c2cccnc2)c1. The number of anilines is 2. The molecule has 1 aromatic heterocycles. The largest absolute Gasteiger partial charge is 0.507 e. The van der Waals surface area contributed by atoms with Gasteiger partial charge in [-0.05, 0) is 73.4 Å². The highest BCUT2D eigenvalue weighted by atomic mass is 35.5. The van der Waals surface area contributed by atoms with Gasteiger partial charge in [0.15, 0.2) is 0 Å². The van der Waals surface area contributed by atoms with Crippen molar-refractivity contribution in [2.24, 2.45) is 0 Å². The van der Waals surface area contributed by atoms with Crippen molar-refractivity contribution in [2.75, 3.05) is 30.0 Å². The van der Waals surface area contributed by atoms with Gasteiger partial charge in [0.05, 0.1) is 23.7 Å². The summed E-state index contributed by atoms with van der Waals surface area (Å²) in [4.78, 5) is 34.7. The molecule has 0 spiro atoms.